The molecule has 2 N–H and O–H groups in total. The molecule has 0 aliphatic rings. The van der Waals surface area contributed by atoms with Gasteiger partial charge < -0.3 is 19.9 Å². The molecule has 0 heterocycles. The number of hydrogen-bond donors (Lipinski definition) is 2. The molecule has 1 aromatic rings. The summed E-state index contributed by atoms with van der Waals surface area (Å²) in [5, 5.41) is 11.5. The van der Waals surface area contributed by atoms with Crippen LogP contribution in [0.5, 0.6) is 11.5 Å². The van der Waals surface area contributed by atoms with Crippen LogP contribution >= 0.6 is 15.9 Å². The summed E-state index contributed by atoms with van der Waals surface area (Å²) >= 11 is 3.40. The number of halogens is 1. The van der Waals surface area contributed by atoms with Gasteiger partial charge in [0.1, 0.15) is 0 Å². The number of methoxy groups -OCH3 is 1. The van der Waals surface area contributed by atoms with Gasteiger partial charge in [-0.05, 0) is 26.0 Å². The molecule has 5 nitrogen and oxygen atoms in total. The van der Waals surface area contributed by atoms with Gasteiger partial charge >= 0.3 is 5.97 Å². The van der Waals surface area contributed by atoms with Gasteiger partial charge in [-0.2, -0.15) is 0 Å². The van der Waals surface area contributed by atoms with E-state index in [1.165, 1.54) is 0 Å². The van der Waals surface area contributed by atoms with Crippen LogP contribution in [0.15, 0.2) is 16.6 Å². The van der Waals surface area contributed by atoms with E-state index in [9.17, 15) is 4.79 Å². The second kappa shape index (κ2) is 7.35. The first-order valence-corrected chi connectivity index (χ1v) is 6.69. The Morgan fingerprint density at radius 1 is 1.47 bits per heavy atom. The number of aliphatic carboxylic acids is 1. The molecule has 0 saturated heterocycles. The molecule has 0 bridgehead atoms. The summed E-state index contributed by atoms with van der Waals surface area (Å²) < 4.78 is 11.9. The highest BCUT2D eigenvalue weighted by atomic mass is 79.9. The lowest BCUT2D eigenvalue weighted by Gasteiger charge is -2.18. The molecule has 0 aromatic heterocycles. The molecule has 0 radical (unpaired) electrons. The molecule has 6 heteroatoms. The van der Waals surface area contributed by atoms with Gasteiger partial charge in [-0.15, -0.1) is 0 Å². The number of rotatable bonds is 7. The fourth-order valence-corrected chi connectivity index (χ4v) is 2.06. The van der Waals surface area contributed by atoms with E-state index in [1.807, 2.05) is 26.0 Å². The van der Waals surface area contributed by atoms with Crippen molar-refractivity contribution in [3.05, 3.63) is 22.2 Å². The van der Waals surface area contributed by atoms with Crippen molar-refractivity contribution in [1.29, 1.82) is 0 Å². The van der Waals surface area contributed by atoms with Crippen molar-refractivity contribution in [2.45, 2.75) is 26.5 Å². The van der Waals surface area contributed by atoms with Crippen LogP contribution in [-0.2, 0) is 11.3 Å². The van der Waals surface area contributed by atoms with Crippen molar-refractivity contribution < 1.29 is 19.4 Å². The Morgan fingerprint density at radius 2 is 2.16 bits per heavy atom. The van der Waals surface area contributed by atoms with Crippen LogP contribution in [0, 0.1) is 0 Å². The van der Waals surface area contributed by atoms with Crippen LogP contribution in [0.25, 0.3) is 0 Å². The standard InChI is InChI=1S/C13H18BrNO4/c1-8(2)19-13-9(6-15-7-12(16)17)4-10(14)5-11(13)18-3/h4-5,8,15H,6-7H2,1-3H3,(H,16,17). The lowest BCUT2D eigenvalue weighted by Crippen LogP contribution is -2.22. The van der Waals surface area contributed by atoms with Crippen molar-refractivity contribution in [2.75, 3.05) is 13.7 Å². The smallest absolute Gasteiger partial charge is 0.317 e. The number of carboxylic acids is 1. The van der Waals surface area contributed by atoms with Crippen molar-refractivity contribution >= 4 is 21.9 Å². The number of hydrogen-bond acceptors (Lipinski definition) is 4. The highest BCUT2D eigenvalue weighted by Gasteiger charge is 2.14. The largest absolute Gasteiger partial charge is 0.493 e. The molecule has 19 heavy (non-hydrogen) atoms. The minimum atomic E-state index is -0.895. The summed E-state index contributed by atoms with van der Waals surface area (Å²) in [4.78, 5) is 10.5. The molecule has 1 rings (SSSR count). The van der Waals surface area contributed by atoms with E-state index in [0.717, 1.165) is 10.0 Å². The SMILES string of the molecule is COc1cc(Br)cc(CNCC(=O)O)c1OC(C)C. The number of nitrogens with one attached hydrogen (secondary N) is 1. The zero-order valence-electron chi connectivity index (χ0n) is 11.2. The average Bonchev–Trinajstić information content (AvgIpc) is 2.31. The minimum Gasteiger partial charge on any atom is -0.493 e. The van der Waals surface area contributed by atoms with Gasteiger partial charge in [-0.1, -0.05) is 15.9 Å². The lowest BCUT2D eigenvalue weighted by atomic mass is 10.1. The van der Waals surface area contributed by atoms with Crippen molar-refractivity contribution in [1.82, 2.24) is 5.32 Å². The Morgan fingerprint density at radius 3 is 2.68 bits per heavy atom. The number of carbonyl (C=O) groups is 1. The highest BCUT2D eigenvalue weighted by Crippen LogP contribution is 2.35. The highest BCUT2D eigenvalue weighted by molar-refractivity contribution is 9.10. The van der Waals surface area contributed by atoms with Gasteiger partial charge in [0.15, 0.2) is 11.5 Å². The third-order valence-corrected chi connectivity index (χ3v) is 2.72. The summed E-state index contributed by atoms with van der Waals surface area (Å²) in [7, 11) is 1.57. The molecular formula is C13H18BrNO4. The maximum atomic E-state index is 10.5. The lowest BCUT2D eigenvalue weighted by molar-refractivity contribution is -0.136. The number of benzene rings is 1. The molecule has 0 aliphatic carbocycles. The van der Waals surface area contributed by atoms with Crippen LogP contribution in [0.4, 0.5) is 0 Å². The van der Waals surface area contributed by atoms with Crippen LogP contribution in [0.1, 0.15) is 19.4 Å². The monoisotopic (exact) mass is 331 g/mol. The van der Waals surface area contributed by atoms with Gasteiger partial charge in [0.05, 0.1) is 19.8 Å². The van der Waals surface area contributed by atoms with E-state index in [2.05, 4.69) is 21.2 Å². The fraction of sp³-hybridized carbons (Fsp3) is 0.462. The van der Waals surface area contributed by atoms with Crippen molar-refractivity contribution in [3.8, 4) is 11.5 Å². The van der Waals surface area contributed by atoms with Gasteiger partial charge in [-0.3, -0.25) is 4.79 Å². The summed E-state index contributed by atoms with van der Waals surface area (Å²) in [5.74, 6) is 0.363. The molecule has 0 unspecified atom stereocenters. The van der Waals surface area contributed by atoms with Gasteiger partial charge in [0, 0.05) is 16.6 Å². The molecule has 0 saturated carbocycles. The quantitative estimate of drug-likeness (QED) is 0.803. The predicted molar refractivity (Wildman–Crippen MR) is 75.8 cm³/mol. The summed E-state index contributed by atoms with van der Waals surface area (Å²) in [6.45, 7) is 4.14. The van der Waals surface area contributed by atoms with Crippen LogP contribution < -0.4 is 14.8 Å². The third-order valence-electron chi connectivity index (χ3n) is 2.26. The maximum absolute atomic E-state index is 10.5. The van der Waals surface area contributed by atoms with E-state index in [-0.39, 0.29) is 12.6 Å². The first-order valence-electron chi connectivity index (χ1n) is 5.89. The Bertz CT molecular complexity index is 449. The Kier molecular flexibility index (Phi) is 6.11. The number of ether oxygens (including phenoxy) is 2. The molecule has 0 amide bonds. The third kappa shape index (κ3) is 5.08. The minimum absolute atomic E-state index is 0.00768. The molecule has 106 valence electrons. The second-order valence-corrected chi connectivity index (χ2v) is 5.18. The first-order chi connectivity index (χ1) is 8.93. The zero-order valence-corrected chi connectivity index (χ0v) is 12.8. The van der Waals surface area contributed by atoms with Crippen molar-refractivity contribution in [3.63, 3.8) is 0 Å². The van der Waals surface area contributed by atoms with E-state index in [0.29, 0.717) is 18.0 Å². The van der Waals surface area contributed by atoms with Crippen molar-refractivity contribution in [2.24, 2.45) is 0 Å². The molecule has 1 aromatic carbocycles. The van der Waals surface area contributed by atoms with Gasteiger partial charge in [0.2, 0.25) is 0 Å². The summed E-state index contributed by atoms with van der Waals surface area (Å²) in [5.41, 5.74) is 0.848. The topological polar surface area (TPSA) is 67.8 Å². The normalized spacial score (nSPS) is 10.6. The predicted octanol–water partition coefficient (Wildman–Crippen LogP) is 2.42. The fourth-order valence-electron chi connectivity index (χ4n) is 1.58. The summed E-state index contributed by atoms with van der Waals surface area (Å²) in [6, 6.07) is 3.70. The first kappa shape index (κ1) is 15.8. The van der Waals surface area contributed by atoms with E-state index in [4.69, 9.17) is 14.6 Å². The Labute approximate surface area is 121 Å². The molecule has 0 atom stereocenters. The van der Waals surface area contributed by atoms with E-state index in [1.54, 1.807) is 7.11 Å². The van der Waals surface area contributed by atoms with E-state index >= 15 is 0 Å². The van der Waals surface area contributed by atoms with Gasteiger partial charge in [0.25, 0.3) is 0 Å². The maximum Gasteiger partial charge on any atom is 0.317 e. The Balaban J connectivity index is 2.97. The zero-order chi connectivity index (χ0) is 14.4. The number of carboxylic acid groups (broad SMARTS) is 1. The van der Waals surface area contributed by atoms with Crippen LogP contribution in [0.2, 0.25) is 0 Å². The van der Waals surface area contributed by atoms with Crippen LogP contribution in [-0.4, -0.2) is 30.8 Å². The Hall–Kier alpha value is -1.27. The van der Waals surface area contributed by atoms with Crippen LogP contribution in [0.3, 0.4) is 0 Å². The second-order valence-electron chi connectivity index (χ2n) is 4.26. The molecule has 0 fully saturated rings. The van der Waals surface area contributed by atoms with Gasteiger partial charge in [-0.25, -0.2) is 0 Å². The summed E-state index contributed by atoms with van der Waals surface area (Å²) in [6.07, 6.45) is 0.00768. The average molecular weight is 332 g/mol. The molecular weight excluding hydrogens is 314 g/mol. The van der Waals surface area contributed by atoms with E-state index < -0.39 is 5.97 Å². The molecule has 0 spiro atoms. The molecule has 0 aliphatic heterocycles.